The highest BCUT2D eigenvalue weighted by molar-refractivity contribution is 6.32. The molecule has 0 fully saturated rings. The topological polar surface area (TPSA) is 47.6 Å². The first-order valence-electron chi connectivity index (χ1n) is 6.67. The van der Waals surface area contributed by atoms with Crippen LogP contribution in [0.25, 0.3) is 0 Å². The molecule has 2 aromatic carbocycles. The van der Waals surface area contributed by atoms with E-state index >= 15 is 0 Å². The lowest BCUT2D eigenvalue weighted by Gasteiger charge is -2.15. The van der Waals surface area contributed by atoms with Crippen molar-refractivity contribution in [2.24, 2.45) is 0 Å². The second-order valence-electron chi connectivity index (χ2n) is 4.67. The van der Waals surface area contributed by atoms with Gasteiger partial charge >= 0.3 is 0 Å². The highest BCUT2D eigenvalue weighted by Crippen LogP contribution is 2.27. The van der Waals surface area contributed by atoms with E-state index in [0.29, 0.717) is 22.2 Å². The zero-order chi connectivity index (χ0) is 17.0. The third-order valence-corrected chi connectivity index (χ3v) is 3.58. The predicted molar refractivity (Wildman–Crippen MR) is 88.1 cm³/mol. The summed E-state index contributed by atoms with van der Waals surface area (Å²) in [6.45, 7) is 1.57. The smallest absolute Gasteiger partial charge is 0.265 e. The summed E-state index contributed by atoms with van der Waals surface area (Å²) in [6.07, 6.45) is -0.808. The Morgan fingerprint density at radius 1 is 1.17 bits per heavy atom. The number of methoxy groups -OCH3 is 1. The highest BCUT2D eigenvalue weighted by Gasteiger charge is 2.16. The maximum atomic E-state index is 13.1. The van der Waals surface area contributed by atoms with E-state index in [9.17, 15) is 9.18 Å². The van der Waals surface area contributed by atoms with Gasteiger partial charge in [0.25, 0.3) is 5.91 Å². The van der Waals surface area contributed by atoms with Gasteiger partial charge in [-0.3, -0.25) is 4.79 Å². The number of benzene rings is 2. The molecule has 122 valence electrons. The van der Waals surface area contributed by atoms with Crippen LogP contribution in [0, 0.1) is 5.82 Å². The van der Waals surface area contributed by atoms with Gasteiger partial charge < -0.3 is 14.8 Å². The van der Waals surface area contributed by atoms with Crippen molar-refractivity contribution in [1.82, 2.24) is 0 Å². The molecule has 1 N–H and O–H groups in total. The van der Waals surface area contributed by atoms with Crippen LogP contribution in [-0.4, -0.2) is 19.1 Å². The van der Waals surface area contributed by atoms with Gasteiger partial charge in [0.1, 0.15) is 17.3 Å². The quantitative estimate of drug-likeness (QED) is 0.853. The Labute approximate surface area is 143 Å². The molecular weight excluding hydrogens is 344 g/mol. The van der Waals surface area contributed by atoms with E-state index in [1.807, 2.05) is 0 Å². The van der Waals surface area contributed by atoms with Crippen molar-refractivity contribution in [3.8, 4) is 11.5 Å². The summed E-state index contributed by atoms with van der Waals surface area (Å²) in [7, 11) is 1.50. The molecule has 0 aliphatic carbocycles. The normalized spacial score (nSPS) is 11.7. The van der Waals surface area contributed by atoms with Gasteiger partial charge in [0.15, 0.2) is 6.10 Å². The molecule has 0 spiro atoms. The largest absolute Gasteiger partial charge is 0.495 e. The fraction of sp³-hybridized carbons (Fsp3) is 0.188. The van der Waals surface area contributed by atoms with Gasteiger partial charge in [0.05, 0.1) is 17.2 Å². The van der Waals surface area contributed by atoms with E-state index in [-0.39, 0.29) is 10.9 Å². The molecule has 0 saturated carbocycles. The second-order valence-corrected chi connectivity index (χ2v) is 5.49. The summed E-state index contributed by atoms with van der Waals surface area (Å²) in [4.78, 5) is 12.1. The molecule has 0 bridgehead atoms. The van der Waals surface area contributed by atoms with Crippen LogP contribution in [0.15, 0.2) is 36.4 Å². The standard InChI is InChI=1S/C16H14Cl2FNO3/c1-9(23-11-4-5-14(19)12(17)8-11)16(21)20-10-3-6-15(22-2)13(18)7-10/h3-9H,1-2H3,(H,20,21). The van der Waals surface area contributed by atoms with Crippen molar-refractivity contribution in [1.29, 1.82) is 0 Å². The third-order valence-electron chi connectivity index (χ3n) is 2.99. The zero-order valence-corrected chi connectivity index (χ0v) is 13.9. The molecule has 0 heterocycles. The average Bonchev–Trinajstić information content (AvgIpc) is 2.51. The van der Waals surface area contributed by atoms with E-state index in [1.165, 1.54) is 25.3 Å². The molecular formula is C16H14Cl2FNO3. The lowest BCUT2D eigenvalue weighted by atomic mass is 10.2. The van der Waals surface area contributed by atoms with Crippen molar-refractivity contribution in [2.75, 3.05) is 12.4 Å². The van der Waals surface area contributed by atoms with E-state index in [4.69, 9.17) is 32.7 Å². The van der Waals surface area contributed by atoms with Crippen LogP contribution in [0.1, 0.15) is 6.92 Å². The monoisotopic (exact) mass is 357 g/mol. The Bertz CT molecular complexity index is 724. The number of carbonyl (C=O) groups is 1. The van der Waals surface area contributed by atoms with Gasteiger partial charge in [-0.25, -0.2) is 4.39 Å². The highest BCUT2D eigenvalue weighted by atomic mass is 35.5. The molecule has 0 aliphatic heterocycles. The summed E-state index contributed by atoms with van der Waals surface area (Å²) in [5.41, 5.74) is 0.508. The maximum absolute atomic E-state index is 13.1. The van der Waals surface area contributed by atoms with Gasteiger partial charge in [0.2, 0.25) is 0 Å². The van der Waals surface area contributed by atoms with Crippen molar-refractivity contribution >= 4 is 34.8 Å². The summed E-state index contributed by atoms with van der Waals surface area (Å²) < 4.78 is 23.6. The Kier molecular flexibility index (Phi) is 5.69. The fourth-order valence-electron chi connectivity index (χ4n) is 1.80. The first-order chi connectivity index (χ1) is 10.9. The molecule has 1 amide bonds. The summed E-state index contributed by atoms with van der Waals surface area (Å²) in [5.74, 6) is -0.127. The molecule has 1 atom stereocenters. The molecule has 0 radical (unpaired) electrons. The summed E-state index contributed by atoms with van der Waals surface area (Å²) >= 11 is 11.7. The molecule has 0 aliphatic rings. The molecule has 1 unspecified atom stereocenters. The predicted octanol–water partition coefficient (Wildman–Crippen LogP) is 4.55. The van der Waals surface area contributed by atoms with E-state index in [2.05, 4.69) is 5.32 Å². The van der Waals surface area contributed by atoms with Crippen LogP contribution < -0.4 is 14.8 Å². The van der Waals surface area contributed by atoms with Crippen molar-refractivity contribution in [3.63, 3.8) is 0 Å². The Morgan fingerprint density at radius 3 is 2.52 bits per heavy atom. The summed E-state index contributed by atoms with van der Waals surface area (Å²) in [5, 5.41) is 2.98. The Morgan fingerprint density at radius 2 is 1.91 bits per heavy atom. The Hall–Kier alpha value is -1.98. The molecule has 7 heteroatoms. The number of amides is 1. The van der Waals surface area contributed by atoms with Crippen molar-refractivity contribution < 1.29 is 18.7 Å². The number of rotatable bonds is 5. The van der Waals surface area contributed by atoms with Gasteiger partial charge in [-0.1, -0.05) is 23.2 Å². The molecule has 2 rings (SSSR count). The van der Waals surface area contributed by atoms with Crippen molar-refractivity contribution in [2.45, 2.75) is 13.0 Å². The van der Waals surface area contributed by atoms with Crippen LogP contribution in [-0.2, 0) is 4.79 Å². The van der Waals surface area contributed by atoms with Crippen LogP contribution in [0.4, 0.5) is 10.1 Å². The molecule has 4 nitrogen and oxygen atoms in total. The zero-order valence-electron chi connectivity index (χ0n) is 12.4. The lowest BCUT2D eigenvalue weighted by molar-refractivity contribution is -0.122. The van der Waals surface area contributed by atoms with Crippen LogP contribution in [0.2, 0.25) is 10.0 Å². The van der Waals surface area contributed by atoms with Crippen LogP contribution >= 0.6 is 23.2 Å². The first kappa shape index (κ1) is 17.4. The SMILES string of the molecule is COc1ccc(NC(=O)C(C)Oc2ccc(F)c(Cl)c2)cc1Cl. The maximum Gasteiger partial charge on any atom is 0.265 e. The number of hydrogen-bond donors (Lipinski definition) is 1. The van der Waals surface area contributed by atoms with Crippen LogP contribution in [0.5, 0.6) is 11.5 Å². The third kappa shape index (κ3) is 4.50. The summed E-state index contributed by atoms with van der Waals surface area (Å²) in [6, 6.07) is 8.75. The number of carbonyl (C=O) groups excluding carboxylic acids is 1. The average molecular weight is 358 g/mol. The van der Waals surface area contributed by atoms with E-state index in [0.717, 1.165) is 0 Å². The van der Waals surface area contributed by atoms with Gasteiger partial charge in [0, 0.05) is 11.8 Å². The minimum Gasteiger partial charge on any atom is -0.495 e. The molecule has 0 aromatic heterocycles. The first-order valence-corrected chi connectivity index (χ1v) is 7.42. The van der Waals surface area contributed by atoms with E-state index in [1.54, 1.807) is 25.1 Å². The molecule has 0 saturated heterocycles. The lowest BCUT2D eigenvalue weighted by Crippen LogP contribution is -2.30. The molecule has 23 heavy (non-hydrogen) atoms. The minimum absolute atomic E-state index is 0.0722. The number of anilines is 1. The number of hydrogen-bond acceptors (Lipinski definition) is 3. The number of nitrogens with one attached hydrogen (secondary N) is 1. The number of halogens is 3. The van der Waals surface area contributed by atoms with Crippen LogP contribution in [0.3, 0.4) is 0 Å². The van der Waals surface area contributed by atoms with E-state index < -0.39 is 11.9 Å². The fourth-order valence-corrected chi connectivity index (χ4v) is 2.22. The minimum atomic E-state index is -0.808. The Balaban J connectivity index is 2.02. The molecule has 2 aromatic rings. The van der Waals surface area contributed by atoms with Gasteiger partial charge in [-0.2, -0.15) is 0 Å². The van der Waals surface area contributed by atoms with Gasteiger partial charge in [-0.05, 0) is 37.3 Å². The van der Waals surface area contributed by atoms with Gasteiger partial charge in [-0.15, -0.1) is 0 Å². The number of ether oxygens (including phenoxy) is 2. The van der Waals surface area contributed by atoms with Crippen molar-refractivity contribution in [3.05, 3.63) is 52.3 Å². The second kappa shape index (κ2) is 7.53.